The van der Waals surface area contributed by atoms with Gasteiger partial charge in [0, 0.05) is 22.3 Å². The van der Waals surface area contributed by atoms with Crippen molar-refractivity contribution in [3.05, 3.63) is 28.1 Å². The second kappa shape index (κ2) is 6.39. The number of halogens is 1. The summed E-state index contributed by atoms with van der Waals surface area (Å²) >= 11 is 12.6. The van der Waals surface area contributed by atoms with Gasteiger partial charge in [-0.25, -0.2) is 4.79 Å². The van der Waals surface area contributed by atoms with Crippen molar-refractivity contribution in [3.63, 3.8) is 0 Å². The number of hydrogen-bond acceptors (Lipinski definition) is 4. The summed E-state index contributed by atoms with van der Waals surface area (Å²) in [4.78, 5) is 12.0. The smallest absolute Gasteiger partial charge is 0.349 e. The highest BCUT2D eigenvalue weighted by Crippen LogP contribution is 2.37. The van der Waals surface area contributed by atoms with Crippen LogP contribution in [-0.4, -0.2) is 24.7 Å². The van der Waals surface area contributed by atoms with Crippen LogP contribution >= 0.6 is 35.2 Å². The van der Waals surface area contributed by atoms with Crippen LogP contribution in [-0.2, 0) is 4.74 Å². The summed E-state index contributed by atoms with van der Waals surface area (Å²) in [5.74, 6) is -0.422. The lowest BCUT2D eigenvalue weighted by Gasteiger charge is -2.08. The largest absolute Gasteiger partial charge is 0.465 e. The number of nitrogens with one attached hydrogen (secondary N) is 2. The van der Waals surface area contributed by atoms with E-state index in [1.54, 1.807) is 0 Å². The van der Waals surface area contributed by atoms with Gasteiger partial charge in [0.15, 0.2) is 5.11 Å². The maximum absolute atomic E-state index is 11.6. The number of anilines is 1. The van der Waals surface area contributed by atoms with E-state index in [4.69, 9.17) is 28.6 Å². The van der Waals surface area contributed by atoms with Gasteiger partial charge in [-0.3, -0.25) is 0 Å². The maximum Gasteiger partial charge on any atom is 0.349 e. The second-order valence-corrected chi connectivity index (χ2v) is 5.77. The number of carbonyl (C=O) groups is 1. The van der Waals surface area contributed by atoms with Crippen molar-refractivity contribution in [1.82, 2.24) is 5.32 Å². The fraction of sp³-hybridized carbons (Fsp3) is 0.231. The molecule has 7 heteroatoms. The SMILES string of the molecule is CCNC(=S)Nc1ccc2c(Cl)c(C(=O)OC)sc2c1. The fourth-order valence-corrected chi connectivity index (χ4v) is 3.43. The van der Waals surface area contributed by atoms with Crippen LogP contribution in [0.5, 0.6) is 0 Å². The highest BCUT2D eigenvalue weighted by molar-refractivity contribution is 7.80. The van der Waals surface area contributed by atoms with E-state index in [1.165, 1.54) is 18.4 Å². The summed E-state index contributed by atoms with van der Waals surface area (Å²) in [6, 6.07) is 5.63. The van der Waals surface area contributed by atoms with Gasteiger partial charge in [0.1, 0.15) is 4.88 Å². The molecule has 0 fully saturated rings. The van der Waals surface area contributed by atoms with Crippen LogP contribution in [0, 0.1) is 0 Å². The number of fused-ring (bicyclic) bond motifs is 1. The molecule has 0 amide bonds. The normalized spacial score (nSPS) is 10.3. The van der Waals surface area contributed by atoms with E-state index < -0.39 is 5.97 Å². The molecule has 1 heterocycles. The van der Waals surface area contributed by atoms with Crippen molar-refractivity contribution in [3.8, 4) is 0 Å². The van der Waals surface area contributed by atoms with E-state index in [0.29, 0.717) is 15.0 Å². The molecule has 0 bridgehead atoms. The van der Waals surface area contributed by atoms with E-state index in [1.807, 2.05) is 25.1 Å². The Hall–Kier alpha value is -1.37. The molecule has 0 atom stereocenters. The Morgan fingerprint density at radius 2 is 2.25 bits per heavy atom. The number of thiophene rings is 1. The molecule has 0 aliphatic heterocycles. The molecule has 0 aliphatic carbocycles. The van der Waals surface area contributed by atoms with Crippen LogP contribution in [0.3, 0.4) is 0 Å². The van der Waals surface area contributed by atoms with Crippen molar-refractivity contribution in [1.29, 1.82) is 0 Å². The first-order valence-corrected chi connectivity index (χ1v) is 7.52. The highest BCUT2D eigenvalue weighted by Gasteiger charge is 2.17. The minimum Gasteiger partial charge on any atom is -0.465 e. The van der Waals surface area contributed by atoms with Crippen molar-refractivity contribution in [2.45, 2.75) is 6.92 Å². The van der Waals surface area contributed by atoms with Crippen LogP contribution < -0.4 is 10.6 Å². The van der Waals surface area contributed by atoms with Gasteiger partial charge in [-0.1, -0.05) is 11.6 Å². The Kier molecular flexibility index (Phi) is 4.80. The number of rotatable bonds is 3. The molecule has 0 unspecified atom stereocenters. The van der Waals surface area contributed by atoms with E-state index in [9.17, 15) is 4.79 Å². The standard InChI is InChI=1S/C13H13ClN2O2S2/c1-3-15-13(19)16-7-4-5-8-9(6-7)20-11(10(8)14)12(17)18-2/h4-6H,3H2,1-2H3,(H2,15,16,19). The number of carbonyl (C=O) groups excluding carboxylic acids is 1. The zero-order valence-corrected chi connectivity index (χ0v) is 13.3. The molecule has 0 saturated heterocycles. The number of ether oxygens (including phenoxy) is 1. The molecule has 0 saturated carbocycles. The predicted octanol–water partition coefficient (Wildman–Crippen LogP) is 3.65. The summed E-state index contributed by atoms with van der Waals surface area (Å²) < 4.78 is 5.62. The number of esters is 1. The molecule has 0 spiro atoms. The lowest BCUT2D eigenvalue weighted by molar-refractivity contribution is 0.0606. The third-order valence-electron chi connectivity index (χ3n) is 2.60. The second-order valence-electron chi connectivity index (χ2n) is 3.93. The Morgan fingerprint density at radius 1 is 1.50 bits per heavy atom. The van der Waals surface area contributed by atoms with Crippen molar-refractivity contribution in [2.24, 2.45) is 0 Å². The van der Waals surface area contributed by atoms with Gasteiger partial charge in [-0.05, 0) is 37.3 Å². The van der Waals surface area contributed by atoms with Gasteiger partial charge in [-0.2, -0.15) is 0 Å². The van der Waals surface area contributed by atoms with E-state index in [2.05, 4.69) is 10.6 Å². The van der Waals surface area contributed by atoms with Crippen molar-refractivity contribution < 1.29 is 9.53 Å². The Labute approximate surface area is 131 Å². The number of methoxy groups -OCH3 is 1. The summed E-state index contributed by atoms with van der Waals surface area (Å²) in [5, 5.41) is 7.90. The van der Waals surface area contributed by atoms with Crippen LogP contribution in [0.1, 0.15) is 16.6 Å². The third-order valence-corrected chi connectivity index (χ3v) is 4.48. The average Bonchev–Trinajstić information content (AvgIpc) is 2.75. The predicted molar refractivity (Wildman–Crippen MR) is 88.1 cm³/mol. The number of benzene rings is 1. The van der Waals surface area contributed by atoms with E-state index in [0.717, 1.165) is 22.3 Å². The molecule has 1 aromatic carbocycles. The first-order chi connectivity index (χ1) is 9.56. The Morgan fingerprint density at radius 3 is 2.90 bits per heavy atom. The molecular weight excluding hydrogens is 316 g/mol. The van der Waals surface area contributed by atoms with E-state index in [-0.39, 0.29) is 0 Å². The average molecular weight is 329 g/mol. The Balaban J connectivity index is 2.35. The van der Waals surface area contributed by atoms with Crippen LogP contribution in [0.2, 0.25) is 5.02 Å². The van der Waals surface area contributed by atoms with Gasteiger partial charge in [0.2, 0.25) is 0 Å². The van der Waals surface area contributed by atoms with Gasteiger partial charge in [-0.15, -0.1) is 11.3 Å². The van der Waals surface area contributed by atoms with Crippen LogP contribution in [0.15, 0.2) is 18.2 Å². The molecule has 106 valence electrons. The highest BCUT2D eigenvalue weighted by atomic mass is 35.5. The summed E-state index contributed by atoms with van der Waals surface area (Å²) in [6.07, 6.45) is 0. The molecule has 2 N–H and O–H groups in total. The lowest BCUT2D eigenvalue weighted by atomic mass is 10.2. The number of thiocarbonyl (C=S) groups is 1. The minimum atomic E-state index is -0.422. The third kappa shape index (κ3) is 3.03. The molecule has 4 nitrogen and oxygen atoms in total. The lowest BCUT2D eigenvalue weighted by Crippen LogP contribution is -2.27. The molecule has 2 aromatic rings. The summed E-state index contributed by atoms with van der Waals surface area (Å²) in [7, 11) is 1.34. The van der Waals surface area contributed by atoms with Crippen LogP contribution in [0.4, 0.5) is 5.69 Å². The molecule has 0 radical (unpaired) electrons. The topological polar surface area (TPSA) is 50.4 Å². The van der Waals surface area contributed by atoms with Gasteiger partial charge in [0.25, 0.3) is 0 Å². The minimum absolute atomic E-state index is 0.413. The molecule has 20 heavy (non-hydrogen) atoms. The quantitative estimate of drug-likeness (QED) is 0.665. The monoisotopic (exact) mass is 328 g/mol. The summed E-state index contributed by atoms with van der Waals surface area (Å²) in [5.41, 5.74) is 0.845. The zero-order chi connectivity index (χ0) is 14.7. The van der Waals surface area contributed by atoms with Crippen molar-refractivity contribution >= 4 is 62.0 Å². The van der Waals surface area contributed by atoms with Crippen molar-refractivity contribution in [2.75, 3.05) is 19.0 Å². The van der Waals surface area contributed by atoms with Gasteiger partial charge in [0.05, 0.1) is 12.1 Å². The zero-order valence-electron chi connectivity index (χ0n) is 11.0. The van der Waals surface area contributed by atoms with Crippen LogP contribution in [0.25, 0.3) is 10.1 Å². The maximum atomic E-state index is 11.6. The van der Waals surface area contributed by atoms with E-state index >= 15 is 0 Å². The Bertz CT molecular complexity index is 670. The molecular formula is C13H13ClN2O2S2. The van der Waals surface area contributed by atoms with Gasteiger partial charge >= 0.3 is 5.97 Å². The molecule has 1 aromatic heterocycles. The summed E-state index contributed by atoms with van der Waals surface area (Å²) in [6.45, 7) is 2.73. The first kappa shape index (κ1) is 15.0. The first-order valence-electron chi connectivity index (χ1n) is 5.92. The fourth-order valence-electron chi connectivity index (χ4n) is 1.70. The molecule has 2 rings (SSSR count). The van der Waals surface area contributed by atoms with Gasteiger partial charge < -0.3 is 15.4 Å². The molecule has 0 aliphatic rings. The number of hydrogen-bond donors (Lipinski definition) is 2.